The van der Waals surface area contributed by atoms with Gasteiger partial charge in [-0.3, -0.25) is 0 Å². The van der Waals surface area contributed by atoms with Crippen molar-refractivity contribution in [1.29, 1.82) is 0 Å². The van der Waals surface area contributed by atoms with Gasteiger partial charge >= 0.3 is 0 Å². The topological polar surface area (TPSA) is 19.0 Å². The van der Waals surface area contributed by atoms with E-state index in [0.29, 0.717) is 5.92 Å². The number of hydrogen-bond donors (Lipinski definition) is 1. The van der Waals surface area contributed by atoms with Gasteiger partial charge in [0.25, 0.3) is 0 Å². The monoisotopic (exact) mass is 260 g/mol. The average molecular weight is 260 g/mol. The molecule has 2 nitrogen and oxygen atoms in total. The van der Waals surface area contributed by atoms with Crippen molar-refractivity contribution in [3.8, 4) is 0 Å². The highest BCUT2D eigenvalue weighted by molar-refractivity contribution is 7.80. The molecule has 2 heterocycles. The second kappa shape index (κ2) is 3.91. The van der Waals surface area contributed by atoms with Crippen LogP contribution in [-0.4, -0.2) is 34.9 Å². The van der Waals surface area contributed by atoms with Gasteiger partial charge in [0, 0.05) is 34.3 Å². The Labute approximate surface area is 114 Å². The third kappa shape index (κ3) is 1.47. The number of rotatable bonds is 0. The van der Waals surface area contributed by atoms with Gasteiger partial charge in [0.1, 0.15) is 0 Å². The van der Waals surface area contributed by atoms with Crippen molar-refractivity contribution < 1.29 is 0 Å². The summed E-state index contributed by atoms with van der Waals surface area (Å²) in [7, 11) is 2.23. The highest BCUT2D eigenvalue weighted by Gasteiger charge is 2.39. The van der Waals surface area contributed by atoms with Gasteiger partial charge in [-0.2, -0.15) is 0 Å². The summed E-state index contributed by atoms with van der Waals surface area (Å²) in [4.78, 5) is 7.41. The first-order valence-electron chi connectivity index (χ1n) is 7.19. The molecule has 18 heavy (non-hydrogen) atoms. The van der Waals surface area contributed by atoms with Crippen LogP contribution in [0, 0.1) is 11.8 Å². The molecule has 3 heteroatoms. The summed E-state index contributed by atoms with van der Waals surface area (Å²) in [6.45, 7) is 2.41. The van der Waals surface area contributed by atoms with Crippen LogP contribution in [0.25, 0.3) is 0 Å². The van der Waals surface area contributed by atoms with E-state index in [4.69, 9.17) is 12.2 Å². The fourth-order valence-corrected chi connectivity index (χ4v) is 4.70. The molecule has 1 aromatic rings. The Morgan fingerprint density at radius 1 is 1.28 bits per heavy atom. The lowest BCUT2D eigenvalue weighted by Gasteiger charge is -2.40. The molecule has 96 valence electrons. The van der Waals surface area contributed by atoms with E-state index in [1.54, 1.807) is 5.56 Å². The highest BCUT2D eigenvalue weighted by Crippen LogP contribution is 2.40. The quantitative estimate of drug-likeness (QED) is 0.722. The van der Waals surface area contributed by atoms with Gasteiger partial charge < -0.3 is 9.88 Å². The first-order valence-corrected chi connectivity index (χ1v) is 7.60. The van der Waals surface area contributed by atoms with Crippen molar-refractivity contribution in [2.24, 2.45) is 11.8 Å². The van der Waals surface area contributed by atoms with Gasteiger partial charge in [0.05, 0.1) is 0 Å². The zero-order chi connectivity index (χ0) is 12.3. The molecule has 1 aromatic heterocycles. The molecular weight excluding hydrogens is 240 g/mol. The number of H-pyrrole nitrogens is 1. The number of nitrogens with one attached hydrogen (secondary N) is 1. The van der Waals surface area contributed by atoms with Crippen molar-refractivity contribution in [2.75, 3.05) is 20.1 Å². The first kappa shape index (κ1) is 11.2. The van der Waals surface area contributed by atoms with Crippen LogP contribution >= 0.6 is 12.2 Å². The van der Waals surface area contributed by atoms with Crippen molar-refractivity contribution in [3.63, 3.8) is 0 Å². The SMILES string of the molecule is CN1CC[C@H]2Cc3[nH]c4c(c3C(=S)[C@@H]2C1)CCC4. The lowest BCUT2D eigenvalue weighted by atomic mass is 9.73. The molecular formula is C15H20N2S. The van der Waals surface area contributed by atoms with E-state index in [1.807, 2.05) is 0 Å². The normalized spacial score (nSPS) is 31.1. The maximum atomic E-state index is 5.86. The van der Waals surface area contributed by atoms with Crippen LogP contribution in [0.1, 0.15) is 35.4 Å². The van der Waals surface area contributed by atoms with E-state index in [-0.39, 0.29) is 0 Å². The average Bonchev–Trinajstić information content (AvgIpc) is 2.90. The molecule has 0 aromatic carbocycles. The second-order valence-corrected chi connectivity index (χ2v) is 6.71. The van der Waals surface area contributed by atoms with Gasteiger partial charge in [0.15, 0.2) is 0 Å². The summed E-state index contributed by atoms with van der Waals surface area (Å²) in [5, 5.41) is 0. The smallest absolute Gasteiger partial charge is 0.0292 e. The molecule has 0 unspecified atom stereocenters. The molecule has 0 radical (unpaired) electrons. The van der Waals surface area contributed by atoms with Crippen LogP contribution in [-0.2, 0) is 19.3 Å². The Kier molecular flexibility index (Phi) is 2.43. The zero-order valence-electron chi connectivity index (χ0n) is 11.0. The molecule has 3 aliphatic rings. The number of likely N-dealkylation sites (tertiary alicyclic amines) is 1. The standard InChI is InChI=1S/C15H20N2S/c1-17-6-5-9-7-13-14(15(18)11(9)8-17)10-3-2-4-12(10)16-13/h9,11,16H,2-8H2,1H3/t9-,11+/m0/s1. The van der Waals surface area contributed by atoms with Crippen molar-refractivity contribution >= 4 is 17.1 Å². The molecule has 2 atom stereocenters. The summed E-state index contributed by atoms with van der Waals surface area (Å²) < 4.78 is 0. The molecule has 0 saturated carbocycles. The van der Waals surface area contributed by atoms with Gasteiger partial charge in [-0.25, -0.2) is 0 Å². The van der Waals surface area contributed by atoms with Crippen molar-refractivity contribution in [3.05, 3.63) is 22.5 Å². The van der Waals surface area contributed by atoms with Gasteiger partial charge in [0.2, 0.25) is 0 Å². The Morgan fingerprint density at radius 3 is 3.06 bits per heavy atom. The van der Waals surface area contributed by atoms with Crippen LogP contribution in [0.4, 0.5) is 0 Å². The van der Waals surface area contributed by atoms with Gasteiger partial charge in [-0.05, 0) is 57.2 Å². The highest BCUT2D eigenvalue weighted by atomic mass is 32.1. The Morgan fingerprint density at radius 2 is 2.17 bits per heavy atom. The first-order chi connectivity index (χ1) is 8.74. The minimum atomic E-state index is 0.631. The fraction of sp³-hybridized carbons (Fsp3) is 0.667. The molecule has 0 amide bonds. The summed E-state index contributed by atoms with van der Waals surface area (Å²) >= 11 is 5.86. The molecule has 1 fully saturated rings. The van der Waals surface area contributed by atoms with E-state index in [0.717, 1.165) is 5.92 Å². The van der Waals surface area contributed by atoms with Crippen LogP contribution in [0.2, 0.25) is 0 Å². The molecule has 0 bridgehead atoms. The number of aromatic amines is 1. The number of fused-ring (bicyclic) bond motifs is 4. The zero-order valence-corrected chi connectivity index (χ0v) is 11.8. The number of aromatic nitrogens is 1. The minimum absolute atomic E-state index is 0.631. The van der Waals surface area contributed by atoms with Crippen molar-refractivity contribution in [2.45, 2.75) is 32.1 Å². The predicted molar refractivity (Wildman–Crippen MR) is 77.3 cm³/mol. The maximum Gasteiger partial charge on any atom is 0.0292 e. The van der Waals surface area contributed by atoms with Gasteiger partial charge in [-0.15, -0.1) is 0 Å². The molecule has 1 saturated heterocycles. The van der Waals surface area contributed by atoms with E-state index in [9.17, 15) is 0 Å². The molecule has 1 N–H and O–H groups in total. The number of thiocarbonyl (C=S) groups is 1. The lowest BCUT2D eigenvalue weighted by Crippen LogP contribution is -2.44. The summed E-state index contributed by atoms with van der Waals surface area (Å²) in [5.41, 5.74) is 6.00. The number of aryl methyl sites for hydroxylation is 1. The van der Waals surface area contributed by atoms with Crippen LogP contribution in [0.5, 0.6) is 0 Å². The lowest BCUT2D eigenvalue weighted by molar-refractivity contribution is 0.180. The Hall–Kier alpha value is -0.670. The summed E-state index contributed by atoms with van der Waals surface area (Å²) in [6.07, 6.45) is 6.34. The number of piperidine rings is 1. The fourth-order valence-electron chi connectivity index (χ4n) is 4.19. The van der Waals surface area contributed by atoms with Crippen LogP contribution in [0.15, 0.2) is 0 Å². The van der Waals surface area contributed by atoms with E-state index in [1.165, 1.54) is 67.0 Å². The summed E-state index contributed by atoms with van der Waals surface area (Å²) in [6, 6.07) is 0. The minimum Gasteiger partial charge on any atom is -0.361 e. The second-order valence-electron chi connectivity index (χ2n) is 6.28. The van der Waals surface area contributed by atoms with Crippen LogP contribution in [0.3, 0.4) is 0 Å². The Balaban J connectivity index is 1.77. The van der Waals surface area contributed by atoms with Crippen LogP contribution < -0.4 is 0 Å². The predicted octanol–water partition coefficient (Wildman–Crippen LogP) is 2.35. The number of hydrogen-bond acceptors (Lipinski definition) is 2. The molecule has 0 spiro atoms. The number of nitrogens with zero attached hydrogens (tertiary/aromatic N) is 1. The van der Waals surface area contributed by atoms with E-state index < -0.39 is 0 Å². The maximum absolute atomic E-state index is 5.86. The molecule has 2 aliphatic carbocycles. The largest absolute Gasteiger partial charge is 0.361 e. The third-order valence-corrected chi connectivity index (χ3v) is 5.64. The van der Waals surface area contributed by atoms with E-state index >= 15 is 0 Å². The Bertz CT molecular complexity index is 517. The molecule has 4 rings (SSSR count). The molecule has 1 aliphatic heterocycles. The van der Waals surface area contributed by atoms with Gasteiger partial charge in [-0.1, -0.05) is 12.2 Å². The third-order valence-electron chi connectivity index (χ3n) is 5.13. The van der Waals surface area contributed by atoms with Crippen molar-refractivity contribution in [1.82, 2.24) is 9.88 Å². The van der Waals surface area contributed by atoms with E-state index in [2.05, 4.69) is 16.9 Å². The summed E-state index contributed by atoms with van der Waals surface area (Å²) in [5.74, 6) is 1.42.